The zero-order valence-corrected chi connectivity index (χ0v) is 14.0. The number of pyridine rings is 1. The number of amides is 1. The Hall–Kier alpha value is -2.69. The molecule has 5 nitrogen and oxygen atoms in total. The number of aromatic nitrogens is 1. The molecule has 0 bridgehead atoms. The zero-order valence-electron chi connectivity index (χ0n) is 14.0. The van der Waals surface area contributed by atoms with E-state index in [0.717, 1.165) is 6.42 Å². The topological polar surface area (TPSA) is 70.5 Å². The molecule has 0 aliphatic heterocycles. The summed E-state index contributed by atoms with van der Waals surface area (Å²) in [6, 6.07) is 13.0. The number of hydrogen-bond acceptors (Lipinski definition) is 3. The average molecular weight is 326 g/mol. The van der Waals surface area contributed by atoms with Crippen LogP contribution in [-0.2, 0) is 0 Å². The summed E-state index contributed by atoms with van der Waals surface area (Å²) in [4.78, 5) is 29.3. The van der Waals surface area contributed by atoms with Gasteiger partial charge >= 0.3 is 5.97 Å². The number of likely N-dealkylation sites (N-methyl/N-ethyl adjacent to an activating group) is 1. The van der Waals surface area contributed by atoms with Crippen LogP contribution >= 0.6 is 0 Å². The Kier molecular flexibility index (Phi) is 6.07. The molecule has 126 valence electrons. The maximum absolute atomic E-state index is 12.7. The molecule has 1 aromatic heterocycles. The summed E-state index contributed by atoms with van der Waals surface area (Å²) >= 11 is 0. The van der Waals surface area contributed by atoms with Crippen molar-refractivity contribution in [3.8, 4) is 0 Å². The van der Waals surface area contributed by atoms with Crippen LogP contribution in [0.3, 0.4) is 0 Å². The number of rotatable bonds is 7. The lowest BCUT2D eigenvalue weighted by molar-refractivity contribution is 0.0690. The highest BCUT2D eigenvalue weighted by Gasteiger charge is 2.20. The summed E-state index contributed by atoms with van der Waals surface area (Å²) < 4.78 is 0. The largest absolute Gasteiger partial charge is 0.477 e. The number of carboxylic acid groups (broad SMARTS) is 1. The van der Waals surface area contributed by atoms with Crippen LogP contribution in [0.15, 0.2) is 48.7 Å². The molecule has 1 heterocycles. The molecule has 0 aliphatic rings. The predicted octanol–water partition coefficient (Wildman–Crippen LogP) is 3.44. The number of carbonyl (C=O) groups is 2. The van der Waals surface area contributed by atoms with Gasteiger partial charge in [-0.15, -0.1) is 0 Å². The second kappa shape index (κ2) is 8.24. The van der Waals surface area contributed by atoms with Crippen LogP contribution in [0.4, 0.5) is 0 Å². The van der Waals surface area contributed by atoms with Crippen LogP contribution in [-0.4, -0.2) is 40.0 Å². The molecule has 1 aromatic carbocycles. The highest BCUT2D eigenvalue weighted by atomic mass is 16.4. The number of nitrogens with zero attached hydrogens (tertiary/aromatic N) is 2. The molecule has 0 aliphatic carbocycles. The van der Waals surface area contributed by atoms with E-state index in [1.54, 1.807) is 11.0 Å². The Morgan fingerprint density at radius 2 is 1.88 bits per heavy atom. The molecule has 1 amide bonds. The predicted molar refractivity (Wildman–Crippen MR) is 92.2 cm³/mol. The fourth-order valence-corrected chi connectivity index (χ4v) is 2.68. The van der Waals surface area contributed by atoms with Gasteiger partial charge in [0.05, 0.1) is 0 Å². The van der Waals surface area contributed by atoms with Gasteiger partial charge in [0.15, 0.2) is 0 Å². The Morgan fingerprint density at radius 3 is 2.46 bits per heavy atom. The normalized spacial score (nSPS) is 11.8. The highest BCUT2D eigenvalue weighted by molar-refractivity contribution is 5.96. The highest BCUT2D eigenvalue weighted by Crippen LogP contribution is 2.21. The average Bonchev–Trinajstić information content (AvgIpc) is 2.63. The van der Waals surface area contributed by atoms with Gasteiger partial charge in [-0.3, -0.25) is 4.79 Å². The number of carboxylic acids is 1. The maximum atomic E-state index is 12.7. The minimum atomic E-state index is -1.14. The first-order chi connectivity index (χ1) is 11.6. The second-order valence-corrected chi connectivity index (χ2v) is 5.59. The molecule has 0 radical (unpaired) electrons. The molecule has 1 atom stereocenters. The minimum Gasteiger partial charge on any atom is -0.477 e. The number of hydrogen-bond donors (Lipinski definition) is 1. The number of benzene rings is 1. The van der Waals surface area contributed by atoms with Gasteiger partial charge < -0.3 is 10.0 Å². The Labute approximate surface area is 142 Å². The van der Waals surface area contributed by atoms with E-state index in [-0.39, 0.29) is 17.5 Å². The molecule has 0 spiro atoms. The van der Waals surface area contributed by atoms with Crippen molar-refractivity contribution < 1.29 is 14.7 Å². The summed E-state index contributed by atoms with van der Waals surface area (Å²) in [5, 5.41) is 9.03. The molecule has 1 unspecified atom stereocenters. The van der Waals surface area contributed by atoms with E-state index >= 15 is 0 Å². The molecule has 5 heteroatoms. The van der Waals surface area contributed by atoms with E-state index in [4.69, 9.17) is 5.11 Å². The summed E-state index contributed by atoms with van der Waals surface area (Å²) in [6.07, 6.45) is 2.28. The lowest BCUT2D eigenvalue weighted by Gasteiger charge is -2.26. The van der Waals surface area contributed by atoms with Crippen molar-refractivity contribution in [3.05, 3.63) is 65.5 Å². The third-order valence-corrected chi connectivity index (χ3v) is 4.10. The van der Waals surface area contributed by atoms with Gasteiger partial charge in [-0.05, 0) is 31.0 Å². The van der Waals surface area contributed by atoms with Crippen molar-refractivity contribution in [2.24, 2.45) is 0 Å². The summed E-state index contributed by atoms with van der Waals surface area (Å²) in [5.74, 6) is -1.06. The third-order valence-electron chi connectivity index (χ3n) is 4.10. The fraction of sp³-hybridized carbons (Fsp3) is 0.316. The molecule has 0 saturated carbocycles. The molecule has 2 aromatic rings. The van der Waals surface area contributed by atoms with Gasteiger partial charge in [0, 0.05) is 30.8 Å². The smallest absolute Gasteiger partial charge is 0.354 e. The lowest BCUT2D eigenvalue weighted by atomic mass is 9.95. The van der Waals surface area contributed by atoms with Crippen LogP contribution in [0.25, 0.3) is 0 Å². The van der Waals surface area contributed by atoms with Crippen molar-refractivity contribution in [1.82, 2.24) is 9.88 Å². The van der Waals surface area contributed by atoms with Gasteiger partial charge in [0.1, 0.15) is 5.69 Å². The van der Waals surface area contributed by atoms with Crippen molar-refractivity contribution >= 4 is 11.9 Å². The van der Waals surface area contributed by atoms with Crippen molar-refractivity contribution in [2.45, 2.75) is 26.2 Å². The SMILES string of the molecule is CCC(CN(CC)C(=O)c1ccnc(C(=O)O)c1)c1ccccc1. The second-order valence-electron chi connectivity index (χ2n) is 5.59. The van der Waals surface area contributed by atoms with Crippen LogP contribution in [0.5, 0.6) is 0 Å². The van der Waals surface area contributed by atoms with Crippen LogP contribution in [0.2, 0.25) is 0 Å². The Morgan fingerprint density at radius 1 is 1.17 bits per heavy atom. The van der Waals surface area contributed by atoms with Gasteiger partial charge in [-0.25, -0.2) is 9.78 Å². The lowest BCUT2D eigenvalue weighted by Crippen LogP contribution is -2.34. The van der Waals surface area contributed by atoms with Crippen molar-refractivity contribution in [2.75, 3.05) is 13.1 Å². The van der Waals surface area contributed by atoms with E-state index in [2.05, 4.69) is 24.0 Å². The van der Waals surface area contributed by atoms with Gasteiger partial charge in [-0.1, -0.05) is 37.3 Å². The first-order valence-electron chi connectivity index (χ1n) is 8.10. The minimum absolute atomic E-state index is 0.119. The van der Waals surface area contributed by atoms with Gasteiger partial charge in [0.25, 0.3) is 5.91 Å². The van der Waals surface area contributed by atoms with Crippen LogP contribution in [0, 0.1) is 0 Å². The van der Waals surface area contributed by atoms with E-state index in [1.807, 2.05) is 25.1 Å². The molecule has 24 heavy (non-hydrogen) atoms. The number of carbonyl (C=O) groups excluding carboxylic acids is 1. The molecule has 0 fully saturated rings. The first kappa shape index (κ1) is 17.7. The molecule has 1 N–H and O–H groups in total. The zero-order chi connectivity index (χ0) is 17.5. The van der Waals surface area contributed by atoms with Crippen LogP contribution in [0.1, 0.15) is 52.6 Å². The van der Waals surface area contributed by atoms with E-state index in [9.17, 15) is 9.59 Å². The molecule has 0 saturated heterocycles. The Bertz CT molecular complexity index is 701. The summed E-state index contributed by atoms with van der Waals surface area (Å²) in [7, 11) is 0. The van der Waals surface area contributed by atoms with Crippen molar-refractivity contribution in [3.63, 3.8) is 0 Å². The summed E-state index contributed by atoms with van der Waals surface area (Å²) in [5.41, 5.74) is 1.44. The fourth-order valence-electron chi connectivity index (χ4n) is 2.68. The first-order valence-corrected chi connectivity index (χ1v) is 8.10. The van der Waals surface area contributed by atoms with Gasteiger partial charge in [-0.2, -0.15) is 0 Å². The van der Waals surface area contributed by atoms with Crippen LogP contribution < -0.4 is 0 Å². The standard InChI is InChI=1S/C19H22N2O3/c1-3-14(15-8-6-5-7-9-15)13-21(4-2)18(22)16-10-11-20-17(12-16)19(23)24/h5-12,14H,3-4,13H2,1-2H3,(H,23,24). The molecular formula is C19H22N2O3. The maximum Gasteiger partial charge on any atom is 0.354 e. The molecule has 2 rings (SSSR count). The quantitative estimate of drug-likeness (QED) is 0.846. The Balaban J connectivity index is 2.19. The van der Waals surface area contributed by atoms with E-state index in [1.165, 1.54) is 17.8 Å². The van der Waals surface area contributed by atoms with Crippen molar-refractivity contribution in [1.29, 1.82) is 0 Å². The number of aromatic carboxylic acids is 1. The van der Waals surface area contributed by atoms with E-state index < -0.39 is 5.97 Å². The summed E-state index contributed by atoms with van der Waals surface area (Å²) in [6.45, 7) is 5.19. The molecular weight excluding hydrogens is 304 g/mol. The van der Waals surface area contributed by atoms with Gasteiger partial charge in [0.2, 0.25) is 0 Å². The third kappa shape index (κ3) is 4.19. The monoisotopic (exact) mass is 326 g/mol. The van der Waals surface area contributed by atoms with E-state index in [0.29, 0.717) is 18.7 Å².